The largest absolute Gasteiger partial charge is 0.465 e. The average molecular weight is 968 g/mol. The Bertz CT molecular complexity index is 2620. The van der Waals surface area contributed by atoms with Gasteiger partial charge >= 0.3 is 12.2 Å². The molecule has 8 aliphatic rings. The van der Waals surface area contributed by atoms with Gasteiger partial charge in [-0.3, -0.25) is 39.6 Å². The summed E-state index contributed by atoms with van der Waals surface area (Å²) in [5.74, 6) is -1.90. The maximum Gasteiger partial charge on any atom is 0.411 e. The van der Waals surface area contributed by atoms with Gasteiger partial charge in [0.2, 0.25) is 11.8 Å². The fourth-order valence-corrected chi connectivity index (χ4v) is 14.3. The third-order valence-corrected chi connectivity index (χ3v) is 17.0. The average Bonchev–Trinajstić information content (AvgIpc) is 4.13. The second kappa shape index (κ2) is 18.1. The molecule has 18 heteroatoms. The maximum absolute atomic E-state index is 15.0. The first-order valence-electron chi connectivity index (χ1n) is 24.6. The van der Waals surface area contributed by atoms with Crippen LogP contribution in [0.15, 0.2) is 91.1 Å². The van der Waals surface area contributed by atoms with Crippen LogP contribution in [0.2, 0.25) is 0 Å². The van der Waals surface area contributed by atoms with E-state index in [1.54, 1.807) is 0 Å². The van der Waals surface area contributed by atoms with Gasteiger partial charge in [-0.15, -0.1) is 0 Å². The smallest absolute Gasteiger partial charge is 0.411 e. The molecule has 0 spiro atoms. The number of ether oxygens (including phenoxy) is 1. The molecule has 0 radical (unpaired) electrons. The van der Waals surface area contributed by atoms with E-state index in [1.165, 1.54) is 0 Å². The predicted octanol–water partition coefficient (Wildman–Crippen LogP) is 4.52. The summed E-state index contributed by atoms with van der Waals surface area (Å²) in [6, 6.07) is 25.9. The fraction of sp³-hybridized carbons (Fsp3) is 0.453. The molecule has 4 aliphatic heterocycles. The monoisotopic (exact) mass is 967 g/mol. The van der Waals surface area contributed by atoms with Gasteiger partial charge in [-0.2, -0.15) is 0 Å². The molecule has 8 N–H and O–H groups in total. The first-order valence-corrected chi connectivity index (χ1v) is 24.6. The summed E-state index contributed by atoms with van der Waals surface area (Å²) in [4.78, 5) is 94.8. The molecule has 3 aromatic carbocycles. The maximum atomic E-state index is 15.0. The summed E-state index contributed by atoms with van der Waals surface area (Å²) in [7, 11) is 0. The second-order valence-corrected chi connectivity index (χ2v) is 20.5. The number of amides is 6. The number of rotatable bonds is 13. The van der Waals surface area contributed by atoms with Crippen molar-refractivity contribution < 1.29 is 43.7 Å². The number of hydrogen-bond donors (Lipinski definition) is 6. The van der Waals surface area contributed by atoms with Gasteiger partial charge in [-0.05, 0) is 104 Å². The minimum Gasteiger partial charge on any atom is -0.465 e. The zero-order valence-electron chi connectivity index (χ0n) is 40.0. The van der Waals surface area contributed by atoms with Gasteiger partial charge in [0.25, 0.3) is 11.8 Å². The van der Waals surface area contributed by atoms with Crippen LogP contribution >= 0.6 is 0 Å². The molecule has 4 bridgehead atoms. The molecule has 5 heterocycles. The second-order valence-electron chi connectivity index (χ2n) is 20.5. The zero-order valence-corrected chi connectivity index (χ0v) is 40.0. The van der Waals surface area contributed by atoms with Crippen LogP contribution in [0.25, 0.3) is 11.1 Å². The minimum atomic E-state index is -1.64. The highest BCUT2D eigenvalue weighted by molar-refractivity contribution is 6.01. The topological polar surface area (TPSA) is 254 Å². The Balaban J connectivity index is 1.10. The standard InChI is InChI=1S/C53H61N9O9/c1-50(29-43(54)63)34-10-14-36(15-11-34)52(50,46(65)57-48(67)68)60-23-3-5-39(60)41-20-21-42(62(41)38-18-7-32(8-19-38)33-9-22-45(56-31-33)59-25-27-71-28-26-59)40-6-4-24-61(40)53(47(66)58-49(69)70)37-16-12-35(13-17-37)51(53,2)30-44(55)64/h7-19,22,31,39-42H,3-6,20-21,23-30H2,1-2H3,(H2,54,63)(H2,55,64)(H,57,65)(H,58,66)(H,67,68)(H,69,70)/t39?,40?,41-,42?,50?,51?,52-,53-/m1/s1. The van der Waals surface area contributed by atoms with Crippen molar-refractivity contribution in [2.45, 2.75) is 111 Å². The summed E-state index contributed by atoms with van der Waals surface area (Å²) < 4.78 is 5.54. The number of benzene rings is 3. The van der Waals surface area contributed by atoms with E-state index in [9.17, 15) is 29.4 Å². The van der Waals surface area contributed by atoms with Gasteiger partial charge in [-0.1, -0.05) is 74.5 Å². The Morgan fingerprint density at radius 1 is 0.592 bits per heavy atom. The Kier molecular flexibility index (Phi) is 12.2. The molecule has 0 saturated carbocycles. The van der Waals surface area contributed by atoms with Gasteiger partial charge in [0.05, 0.1) is 13.2 Å². The lowest BCUT2D eigenvalue weighted by Gasteiger charge is -2.58. The van der Waals surface area contributed by atoms with E-state index in [2.05, 4.69) is 60.6 Å². The summed E-state index contributed by atoms with van der Waals surface area (Å²) in [6.45, 7) is 7.30. The number of hydrogen-bond acceptors (Lipinski definition) is 12. The minimum absolute atomic E-state index is 0.222. The van der Waals surface area contributed by atoms with Gasteiger partial charge in [0.15, 0.2) is 0 Å². The summed E-state index contributed by atoms with van der Waals surface area (Å²) >= 11 is 0. The van der Waals surface area contributed by atoms with E-state index in [1.807, 2.05) is 74.6 Å². The van der Waals surface area contributed by atoms with E-state index < -0.39 is 57.7 Å². The number of primary amides is 2. The number of pyridine rings is 1. The normalized spacial score (nSPS) is 30.1. The molecule has 18 nitrogen and oxygen atoms in total. The molecule has 4 saturated heterocycles. The van der Waals surface area contributed by atoms with E-state index >= 15 is 9.59 Å². The highest BCUT2D eigenvalue weighted by Gasteiger charge is 2.67. The van der Waals surface area contributed by atoms with Crippen molar-refractivity contribution in [2.24, 2.45) is 11.5 Å². The molecule has 1 aromatic heterocycles. The number of carbonyl (C=O) groups excluding carboxylic acids is 4. The third-order valence-electron chi connectivity index (χ3n) is 17.0. The number of imide groups is 2. The summed E-state index contributed by atoms with van der Waals surface area (Å²) in [5, 5.41) is 24.7. The van der Waals surface area contributed by atoms with Crippen LogP contribution in [0, 0.1) is 0 Å². The number of morpholine rings is 1. The first-order chi connectivity index (χ1) is 34.0. The van der Waals surface area contributed by atoms with Gasteiger partial charge in [0.1, 0.15) is 16.9 Å². The molecule has 5 unspecified atom stereocenters. The lowest BCUT2D eigenvalue weighted by atomic mass is 9.56. The van der Waals surface area contributed by atoms with Crippen LogP contribution in [0.1, 0.15) is 87.5 Å². The molecule has 12 rings (SSSR count). The number of nitrogens with two attached hydrogens (primary N) is 2. The Labute approximate surface area is 411 Å². The molecule has 8 atom stereocenters. The van der Waals surface area contributed by atoms with Crippen LogP contribution in [0.3, 0.4) is 0 Å². The Morgan fingerprint density at radius 2 is 1.03 bits per heavy atom. The van der Waals surface area contributed by atoms with Crippen LogP contribution in [0.4, 0.5) is 21.1 Å². The van der Waals surface area contributed by atoms with E-state index in [4.69, 9.17) is 21.2 Å². The van der Waals surface area contributed by atoms with E-state index in [-0.39, 0.29) is 37.0 Å². The van der Waals surface area contributed by atoms with Crippen molar-refractivity contribution in [3.8, 4) is 11.1 Å². The van der Waals surface area contributed by atoms with Crippen molar-refractivity contribution in [3.05, 3.63) is 113 Å². The SMILES string of the molecule is CC1(CC(N)=O)c2ccc(cc2)[C@]1(C(=O)NC(=O)O)N1CCCC1C1CC[C@H](C2CCCN2[C@@]2(C(=O)NC(=O)O)c3ccc(cc3)C2(C)CC(N)=O)N1c1ccc(-c2ccc(N3CCOCC3)nc2)cc1. The van der Waals surface area contributed by atoms with Crippen LogP contribution < -0.4 is 31.9 Å². The highest BCUT2D eigenvalue weighted by Crippen LogP contribution is 2.58. The summed E-state index contributed by atoms with van der Waals surface area (Å²) in [6.07, 6.45) is 2.29. The number of carboxylic acid groups (broad SMARTS) is 2. The van der Waals surface area contributed by atoms with Crippen molar-refractivity contribution >= 4 is 47.3 Å². The third kappa shape index (κ3) is 7.43. The lowest BCUT2D eigenvalue weighted by Crippen LogP contribution is -2.72. The molecule has 372 valence electrons. The van der Waals surface area contributed by atoms with E-state index in [0.717, 1.165) is 35.7 Å². The van der Waals surface area contributed by atoms with Gasteiger partial charge in [-0.25, -0.2) is 14.6 Å². The quantitative estimate of drug-likeness (QED) is 0.108. The Morgan fingerprint density at radius 3 is 1.44 bits per heavy atom. The number of fused-ring (bicyclic) bond motifs is 6. The molecule has 71 heavy (non-hydrogen) atoms. The fourth-order valence-electron chi connectivity index (χ4n) is 14.3. The molecule has 4 aromatic rings. The van der Waals surface area contributed by atoms with Crippen molar-refractivity contribution in [3.63, 3.8) is 0 Å². The lowest BCUT2D eigenvalue weighted by molar-refractivity contribution is -0.144. The number of carbonyl (C=O) groups is 6. The van der Waals surface area contributed by atoms with Gasteiger partial charge < -0.3 is 36.2 Å². The van der Waals surface area contributed by atoms with Gasteiger partial charge in [0, 0.05) is 78.4 Å². The molecule has 6 amide bonds. The molecule has 4 fully saturated rings. The number of likely N-dealkylation sites (tertiary alicyclic amines) is 2. The Hall–Kier alpha value is -6.89. The zero-order chi connectivity index (χ0) is 50.0. The van der Waals surface area contributed by atoms with Crippen molar-refractivity contribution in [2.75, 3.05) is 49.2 Å². The van der Waals surface area contributed by atoms with Crippen LogP contribution in [-0.4, -0.2) is 124 Å². The van der Waals surface area contributed by atoms with Crippen LogP contribution in [-0.2, 0) is 45.8 Å². The molecular weight excluding hydrogens is 907 g/mol. The highest BCUT2D eigenvalue weighted by atomic mass is 16.5. The molecular formula is C53H61N9O9. The number of aromatic nitrogens is 1. The number of nitrogens with one attached hydrogen (secondary N) is 2. The summed E-state index contributed by atoms with van der Waals surface area (Å²) in [5.41, 5.74) is 11.5. The van der Waals surface area contributed by atoms with Crippen molar-refractivity contribution in [1.29, 1.82) is 0 Å². The van der Waals surface area contributed by atoms with E-state index in [0.29, 0.717) is 87.1 Å². The predicted molar refractivity (Wildman–Crippen MR) is 262 cm³/mol. The number of anilines is 2. The molecule has 4 aliphatic carbocycles. The van der Waals surface area contributed by atoms with Crippen molar-refractivity contribution in [1.82, 2.24) is 25.4 Å². The first kappa shape index (κ1) is 47.8. The van der Waals surface area contributed by atoms with Crippen LogP contribution in [0.5, 0.6) is 0 Å². The number of nitrogens with zero attached hydrogens (tertiary/aromatic N) is 5.